The molecule has 0 amide bonds. The highest BCUT2D eigenvalue weighted by molar-refractivity contribution is 6.30. The molecule has 0 atom stereocenters. The van der Waals surface area contributed by atoms with Crippen LogP contribution in [-0.2, 0) is 11.2 Å². The smallest absolute Gasteiger partial charge is 0.151 e. The minimum absolute atomic E-state index is 0.00758. The van der Waals surface area contributed by atoms with Gasteiger partial charge in [0.1, 0.15) is 5.82 Å². The highest BCUT2D eigenvalue weighted by Gasteiger charge is 2.20. The molecule has 1 fully saturated rings. The minimum atomic E-state index is -0.370. The van der Waals surface area contributed by atoms with E-state index >= 15 is 0 Å². The molecule has 0 heterocycles. The molecular weight excluding hydrogens is 241 g/mol. The number of halogens is 2. The lowest BCUT2D eigenvalue weighted by molar-refractivity contribution is -0.117. The summed E-state index contributed by atoms with van der Waals surface area (Å²) in [6.07, 6.45) is 2.61. The van der Waals surface area contributed by atoms with E-state index in [0.29, 0.717) is 17.1 Å². The molecule has 0 bridgehead atoms. The van der Waals surface area contributed by atoms with E-state index in [-0.39, 0.29) is 18.0 Å². The standard InChI is InChI=1S/C13H15ClFNO/c14-11-3-4-13(15)10(5-11)6-12(17)8-16-7-9-1-2-9/h3-5,9,16H,1-2,6-8H2. The number of hydrogen-bond donors (Lipinski definition) is 1. The molecule has 17 heavy (non-hydrogen) atoms. The predicted molar refractivity (Wildman–Crippen MR) is 65.7 cm³/mol. The van der Waals surface area contributed by atoms with Crippen LogP contribution in [0.5, 0.6) is 0 Å². The van der Waals surface area contributed by atoms with Crippen molar-refractivity contribution >= 4 is 17.4 Å². The second kappa shape index (κ2) is 5.61. The molecule has 0 radical (unpaired) electrons. The molecule has 1 aromatic rings. The van der Waals surface area contributed by atoms with Gasteiger partial charge < -0.3 is 5.32 Å². The van der Waals surface area contributed by atoms with Crippen molar-refractivity contribution in [2.75, 3.05) is 13.1 Å². The lowest BCUT2D eigenvalue weighted by Gasteiger charge is -2.05. The topological polar surface area (TPSA) is 29.1 Å². The van der Waals surface area contributed by atoms with Crippen LogP contribution < -0.4 is 5.32 Å². The normalized spacial score (nSPS) is 14.9. The number of hydrogen-bond acceptors (Lipinski definition) is 2. The molecule has 2 rings (SSSR count). The second-order valence-electron chi connectivity index (χ2n) is 4.53. The van der Waals surface area contributed by atoms with Crippen LogP contribution in [0.4, 0.5) is 4.39 Å². The van der Waals surface area contributed by atoms with Gasteiger partial charge in [0, 0.05) is 11.4 Å². The second-order valence-corrected chi connectivity index (χ2v) is 4.96. The summed E-state index contributed by atoms with van der Waals surface area (Å²) in [7, 11) is 0. The van der Waals surface area contributed by atoms with Crippen LogP contribution in [0.15, 0.2) is 18.2 Å². The van der Waals surface area contributed by atoms with Gasteiger partial charge in [-0.1, -0.05) is 11.6 Å². The number of ketones is 1. The lowest BCUT2D eigenvalue weighted by Crippen LogP contribution is -2.26. The van der Waals surface area contributed by atoms with Gasteiger partial charge in [-0.15, -0.1) is 0 Å². The van der Waals surface area contributed by atoms with E-state index in [9.17, 15) is 9.18 Å². The molecule has 2 nitrogen and oxygen atoms in total. The van der Waals surface area contributed by atoms with Crippen LogP contribution in [0.2, 0.25) is 5.02 Å². The van der Waals surface area contributed by atoms with E-state index in [0.717, 1.165) is 12.5 Å². The fourth-order valence-electron chi connectivity index (χ4n) is 1.69. The third-order valence-electron chi connectivity index (χ3n) is 2.85. The summed E-state index contributed by atoms with van der Waals surface area (Å²) in [5.74, 6) is 0.363. The molecule has 1 aliphatic rings. The van der Waals surface area contributed by atoms with Crippen LogP contribution in [0, 0.1) is 11.7 Å². The molecule has 1 aliphatic carbocycles. The van der Waals surface area contributed by atoms with Crippen molar-refractivity contribution in [1.82, 2.24) is 5.32 Å². The van der Waals surface area contributed by atoms with Gasteiger partial charge in [0.25, 0.3) is 0 Å². The summed E-state index contributed by atoms with van der Waals surface area (Å²) in [6.45, 7) is 1.20. The lowest BCUT2D eigenvalue weighted by atomic mass is 10.1. The van der Waals surface area contributed by atoms with E-state index in [1.807, 2.05) is 0 Å². The first-order valence-electron chi connectivity index (χ1n) is 5.81. The van der Waals surface area contributed by atoms with Gasteiger partial charge in [0.05, 0.1) is 6.54 Å². The summed E-state index contributed by atoms with van der Waals surface area (Å²) in [4.78, 5) is 11.6. The van der Waals surface area contributed by atoms with Crippen molar-refractivity contribution in [2.45, 2.75) is 19.3 Å². The molecule has 0 spiro atoms. The Balaban J connectivity index is 1.81. The number of Topliss-reactive ketones (excluding diaryl/α,β-unsaturated/α-hetero) is 1. The Kier molecular flexibility index (Phi) is 4.13. The third-order valence-corrected chi connectivity index (χ3v) is 3.08. The van der Waals surface area contributed by atoms with Gasteiger partial charge in [0.15, 0.2) is 5.78 Å². The number of rotatable bonds is 6. The maximum Gasteiger partial charge on any atom is 0.151 e. The Bertz CT molecular complexity index is 418. The SMILES string of the molecule is O=C(CNCC1CC1)Cc1cc(Cl)ccc1F. The number of carbonyl (C=O) groups excluding carboxylic acids is 1. The average molecular weight is 256 g/mol. The largest absolute Gasteiger partial charge is 0.310 e. The van der Waals surface area contributed by atoms with E-state index in [1.165, 1.54) is 31.0 Å². The van der Waals surface area contributed by atoms with Gasteiger partial charge in [-0.05, 0) is 49.1 Å². The Morgan fingerprint density at radius 1 is 1.47 bits per heavy atom. The maximum absolute atomic E-state index is 13.4. The van der Waals surface area contributed by atoms with E-state index in [1.54, 1.807) is 0 Å². The first-order valence-corrected chi connectivity index (χ1v) is 6.19. The van der Waals surface area contributed by atoms with Gasteiger partial charge in [-0.2, -0.15) is 0 Å². The van der Waals surface area contributed by atoms with E-state index < -0.39 is 0 Å². The summed E-state index contributed by atoms with van der Waals surface area (Å²) in [5.41, 5.74) is 0.371. The molecule has 0 saturated heterocycles. The predicted octanol–water partition coefficient (Wildman–Crippen LogP) is 2.59. The fourth-order valence-corrected chi connectivity index (χ4v) is 1.89. The summed E-state index contributed by atoms with van der Waals surface area (Å²) in [5, 5.41) is 3.55. The quantitative estimate of drug-likeness (QED) is 0.847. The maximum atomic E-state index is 13.4. The van der Waals surface area contributed by atoms with Gasteiger partial charge in [0.2, 0.25) is 0 Å². The fraction of sp³-hybridized carbons (Fsp3) is 0.462. The van der Waals surface area contributed by atoms with E-state index in [4.69, 9.17) is 11.6 Å². The van der Waals surface area contributed by atoms with Crippen LogP contribution in [-0.4, -0.2) is 18.9 Å². The van der Waals surface area contributed by atoms with Crippen molar-refractivity contribution < 1.29 is 9.18 Å². The highest BCUT2D eigenvalue weighted by Crippen LogP contribution is 2.27. The molecule has 92 valence electrons. The minimum Gasteiger partial charge on any atom is -0.310 e. The van der Waals surface area contributed by atoms with Gasteiger partial charge in [-0.25, -0.2) is 4.39 Å². The number of benzene rings is 1. The zero-order valence-corrected chi connectivity index (χ0v) is 10.3. The Morgan fingerprint density at radius 3 is 2.94 bits per heavy atom. The zero-order valence-electron chi connectivity index (χ0n) is 9.51. The average Bonchev–Trinajstić information content (AvgIpc) is 3.07. The summed E-state index contributed by atoms with van der Waals surface area (Å²) >= 11 is 5.76. The van der Waals surface area contributed by atoms with Gasteiger partial charge >= 0.3 is 0 Å². The highest BCUT2D eigenvalue weighted by atomic mass is 35.5. The Labute approximate surface area is 105 Å². The van der Waals surface area contributed by atoms with Crippen LogP contribution in [0.1, 0.15) is 18.4 Å². The van der Waals surface area contributed by atoms with Crippen molar-refractivity contribution in [1.29, 1.82) is 0 Å². The summed E-state index contributed by atoms with van der Waals surface area (Å²) in [6, 6.07) is 4.29. The van der Waals surface area contributed by atoms with Crippen molar-refractivity contribution in [3.05, 3.63) is 34.6 Å². The number of carbonyl (C=O) groups is 1. The van der Waals surface area contributed by atoms with Crippen molar-refractivity contribution in [3.8, 4) is 0 Å². The van der Waals surface area contributed by atoms with E-state index in [2.05, 4.69) is 5.32 Å². The van der Waals surface area contributed by atoms with Crippen LogP contribution in [0.25, 0.3) is 0 Å². The molecule has 1 aromatic carbocycles. The third kappa shape index (κ3) is 4.10. The molecule has 0 aliphatic heterocycles. The Hall–Kier alpha value is -0.930. The van der Waals surface area contributed by atoms with Crippen molar-refractivity contribution in [3.63, 3.8) is 0 Å². The first kappa shape index (κ1) is 12.5. The molecule has 0 unspecified atom stereocenters. The molecular formula is C13H15ClFNO. The monoisotopic (exact) mass is 255 g/mol. The first-order chi connectivity index (χ1) is 8.15. The Morgan fingerprint density at radius 2 is 2.24 bits per heavy atom. The van der Waals surface area contributed by atoms with Gasteiger partial charge in [-0.3, -0.25) is 4.79 Å². The zero-order chi connectivity index (χ0) is 12.3. The molecule has 4 heteroatoms. The van der Waals surface area contributed by atoms with Crippen LogP contribution >= 0.6 is 11.6 Å². The molecule has 0 aromatic heterocycles. The van der Waals surface area contributed by atoms with Crippen LogP contribution in [0.3, 0.4) is 0 Å². The summed E-state index contributed by atoms with van der Waals surface area (Å²) < 4.78 is 13.4. The van der Waals surface area contributed by atoms with Crippen molar-refractivity contribution in [2.24, 2.45) is 5.92 Å². The molecule has 1 N–H and O–H groups in total. The number of nitrogens with one attached hydrogen (secondary N) is 1. The molecule has 1 saturated carbocycles.